The van der Waals surface area contributed by atoms with Gasteiger partial charge in [-0.1, -0.05) is 6.07 Å². The summed E-state index contributed by atoms with van der Waals surface area (Å²) >= 11 is 4.81. The van der Waals surface area contributed by atoms with Crippen molar-refractivity contribution >= 4 is 29.1 Å². The maximum atomic E-state index is 11.6. The van der Waals surface area contributed by atoms with Crippen molar-refractivity contribution in [3.05, 3.63) is 29.3 Å². The summed E-state index contributed by atoms with van der Waals surface area (Å²) in [7, 11) is 0. The molecule has 1 aromatic rings. The third kappa shape index (κ3) is 6.38. The first-order valence-corrected chi connectivity index (χ1v) is 6.70. The number of carbonyl (C=O) groups is 1. The van der Waals surface area contributed by atoms with Crippen LogP contribution in [0.25, 0.3) is 0 Å². The highest BCUT2D eigenvalue weighted by atomic mass is 32.1. The van der Waals surface area contributed by atoms with Crippen molar-refractivity contribution in [2.45, 2.75) is 39.8 Å². The van der Waals surface area contributed by atoms with Crippen molar-refractivity contribution in [1.29, 1.82) is 0 Å². The molecule has 20 heavy (non-hydrogen) atoms. The minimum atomic E-state index is -0.505. The molecule has 1 aromatic carbocycles. The second-order valence-electron chi connectivity index (χ2n) is 5.55. The van der Waals surface area contributed by atoms with Gasteiger partial charge < -0.3 is 21.1 Å². The highest BCUT2D eigenvalue weighted by molar-refractivity contribution is 7.80. The molecule has 0 aliphatic rings. The third-order valence-electron chi connectivity index (χ3n) is 2.24. The number of alkyl carbamates (subject to hydrolysis) is 1. The minimum Gasteiger partial charge on any atom is -0.444 e. The Hall–Kier alpha value is -1.82. The summed E-state index contributed by atoms with van der Waals surface area (Å²) in [6, 6.07) is 5.78. The van der Waals surface area contributed by atoms with Crippen LogP contribution in [-0.2, 0) is 11.3 Å². The molecule has 0 aromatic heterocycles. The fourth-order valence-electron chi connectivity index (χ4n) is 1.67. The minimum absolute atomic E-state index is 0.210. The monoisotopic (exact) mass is 295 g/mol. The number of benzene rings is 1. The van der Waals surface area contributed by atoms with Crippen molar-refractivity contribution < 1.29 is 9.53 Å². The van der Waals surface area contributed by atoms with Crippen LogP contribution in [0.1, 0.15) is 31.9 Å². The van der Waals surface area contributed by atoms with E-state index < -0.39 is 11.7 Å². The molecule has 0 fully saturated rings. The Balaban J connectivity index is 2.66. The van der Waals surface area contributed by atoms with Crippen LogP contribution in [0.5, 0.6) is 0 Å². The van der Waals surface area contributed by atoms with E-state index in [-0.39, 0.29) is 5.11 Å². The number of carbonyl (C=O) groups excluding carboxylic acids is 1. The lowest BCUT2D eigenvalue weighted by molar-refractivity contribution is 0.0523. The molecule has 0 heterocycles. The number of hydrogen-bond acceptors (Lipinski definition) is 3. The van der Waals surface area contributed by atoms with Gasteiger partial charge >= 0.3 is 6.09 Å². The summed E-state index contributed by atoms with van der Waals surface area (Å²) in [6.07, 6.45) is -0.442. The van der Waals surface area contributed by atoms with Gasteiger partial charge in [0.15, 0.2) is 5.11 Å². The molecule has 0 saturated heterocycles. The van der Waals surface area contributed by atoms with Gasteiger partial charge in [0.25, 0.3) is 0 Å². The smallest absolute Gasteiger partial charge is 0.407 e. The predicted octanol–water partition coefficient (Wildman–Crippen LogP) is 2.68. The number of ether oxygens (including phenoxy) is 1. The molecule has 1 amide bonds. The summed E-state index contributed by atoms with van der Waals surface area (Å²) < 4.78 is 5.18. The Morgan fingerprint density at radius 1 is 1.35 bits per heavy atom. The van der Waals surface area contributed by atoms with Crippen LogP contribution >= 0.6 is 12.2 Å². The molecule has 6 heteroatoms. The zero-order chi connectivity index (χ0) is 15.3. The van der Waals surface area contributed by atoms with Gasteiger partial charge in [-0.2, -0.15) is 0 Å². The van der Waals surface area contributed by atoms with Crippen molar-refractivity contribution in [1.82, 2.24) is 5.32 Å². The maximum absolute atomic E-state index is 11.6. The summed E-state index contributed by atoms with van der Waals surface area (Å²) in [5.41, 5.74) is 7.73. The van der Waals surface area contributed by atoms with E-state index in [2.05, 4.69) is 10.6 Å². The molecule has 0 aliphatic heterocycles. The van der Waals surface area contributed by atoms with Gasteiger partial charge in [-0.05, 0) is 63.2 Å². The molecule has 0 aliphatic carbocycles. The second kappa shape index (κ2) is 6.56. The number of nitrogens with one attached hydrogen (secondary N) is 2. The lowest BCUT2D eigenvalue weighted by atomic mass is 10.1. The van der Waals surface area contributed by atoms with Gasteiger partial charge in [-0.25, -0.2) is 4.79 Å². The Morgan fingerprint density at radius 3 is 2.55 bits per heavy atom. The topological polar surface area (TPSA) is 76.4 Å². The van der Waals surface area contributed by atoms with Crippen LogP contribution in [-0.4, -0.2) is 16.8 Å². The largest absolute Gasteiger partial charge is 0.444 e. The molecule has 1 rings (SSSR count). The standard InChI is InChI=1S/C14H21N3O2S/c1-9-5-10(7-11(6-9)17-12(15)20)8-16-13(18)19-14(2,3)4/h5-7H,8H2,1-4H3,(H,16,18)(H3,15,17,20). The molecule has 4 N–H and O–H groups in total. The summed E-state index contributed by atoms with van der Waals surface area (Å²) in [4.78, 5) is 11.6. The average Bonchev–Trinajstić information content (AvgIpc) is 2.22. The summed E-state index contributed by atoms with van der Waals surface area (Å²) in [6.45, 7) is 7.81. The zero-order valence-electron chi connectivity index (χ0n) is 12.2. The van der Waals surface area contributed by atoms with E-state index in [0.29, 0.717) is 6.54 Å². The predicted molar refractivity (Wildman–Crippen MR) is 84.7 cm³/mol. The highest BCUT2D eigenvalue weighted by Gasteiger charge is 2.15. The van der Waals surface area contributed by atoms with Gasteiger partial charge in [0.1, 0.15) is 5.60 Å². The number of thiocarbonyl (C=S) groups is 1. The van der Waals surface area contributed by atoms with Gasteiger partial charge in [-0.3, -0.25) is 0 Å². The molecule has 110 valence electrons. The Bertz CT molecular complexity index is 510. The number of hydrogen-bond donors (Lipinski definition) is 3. The highest BCUT2D eigenvalue weighted by Crippen LogP contribution is 2.14. The van der Waals surface area contributed by atoms with Crippen LogP contribution in [0, 0.1) is 6.92 Å². The van der Waals surface area contributed by atoms with E-state index in [0.717, 1.165) is 16.8 Å². The fourth-order valence-corrected chi connectivity index (χ4v) is 1.79. The second-order valence-corrected chi connectivity index (χ2v) is 5.99. The van der Waals surface area contributed by atoms with Crippen LogP contribution < -0.4 is 16.4 Å². The van der Waals surface area contributed by atoms with Gasteiger partial charge in [0.05, 0.1) is 0 Å². The molecule has 0 saturated carbocycles. The number of rotatable bonds is 3. The first-order chi connectivity index (χ1) is 9.15. The first-order valence-electron chi connectivity index (χ1n) is 6.29. The van der Waals surface area contributed by atoms with Gasteiger partial charge in [0, 0.05) is 12.2 Å². The van der Waals surface area contributed by atoms with Gasteiger partial charge in [-0.15, -0.1) is 0 Å². The molecular formula is C14H21N3O2S. The van der Waals surface area contributed by atoms with Gasteiger partial charge in [0.2, 0.25) is 0 Å². The van der Waals surface area contributed by atoms with E-state index in [1.165, 1.54) is 0 Å². The quantitative estimate of drug-likeness (QED) is 0.747. The molecule has 0 atom stereocenters. The number of aryl methyl sites for hydroxylation is 1. The van der Waals surface area contributed by atoms with Crippen molar-refractivity contribution in [3.8, 4) is 0 Å². The van der Waals surface area contributed by atoms with E-state index in [1.54, 1.807) is 0 Å². The molecule has 0 radical (unpaired) electrons. The van der Waals surface area contributed by atoms with Crippen LogP contribution in [0.15, 0.2) is 18.2 Å². The average molecular weight is 295 g/mol. The summed E-state index contributed by atoms with van der Waals surface area (Å²) in [5.74, 6) is 0. The van der Waals surface area contributed by atoms with E-state index in [9.17, 15) is 4.79 Å². The Labute approximate surface area is 124 Å². The van der Waals surface area contributed by atoms with Crippen LogP contribution in [0.4, 0.5) is 10.5 Å². The SMILES string of the molecule is Cc1cc(CNC(=O)OC(C)(C)C)cc(NC(N)=S)c1. The van der Waals surface area contributed by atoms with Crippen LogP contribution in [0.2, 0.25) is 0 Å². The number of anilines is 1. The van der Waals surface area contributed by atoms with Crippen molar-refractivity contribution in [2.24, 2.45) is 5.73 Å². The first kappa shape index (κ1) is 16.2. The van der Waals surface area contributed by atoms with Crippen LogP contribution in [0.3, 0.4) is 0 Å². The number of nitrogens with two attached hydrogens (primary N) is 1. The third-order valence-corrected chi connectivity index (χ3v) is 2.34. The molecule has 5 nitrogen and oxygen atoms in total. The maximum Gasteiger partial charge on any atom is 0.407 e. The van der Waals surface area contributed by atoms with E-state index in [4.69, 9.17) is 22.7 Å². The van der Waals surface area contributed by atoms with Crippen molar-refractivity contribution in [2.75, 3.05) is 5.32 Å². The molecular weight excluding hydrogens is 274 g/mol. The fraction of sp³-hybridized carbons (Fsp3) is 0.429. The lowest BCUT2D eigenvalue weighted by Gasteiger charge is -2.19. The lowest BCUT2D eigenvalue weighted by Crippen LogP contribution is -2.32. The molecule has 0 unspecified atom stereocenters. The molecule has 0 spiro atoms. The Kier molecular flexibility index (Phi) is 5.33. The molecule has 0 bridgehead atoms. The van der Waals surface area contributed by atoms with E-state index in [1.807, 2.05) is 45.9 Å². The summed E-state index contributed by atoms with van der Waals surface area (Å²) in [5, 5.41) is 5.80. The normalized spacial score (nSPS) is 10.8. The zero-order valence-corrected chi connectivity index (χ0v) is 13.1. The number of amides is 1. The Morgan fingerprint density at radius 2 is 2.00 bits per heavy atom. The van der Waals surface area contributed by atoms with Crippen molar-refractivity contribution in [3.63, 3.8) is 0 Å². The van der Waals surface area contributed by atoms with E-state index >= 15 is 0 Å².